The smallest absolute Gasteiger partial charge is 0.0339 e. The second-order valence-corrected chi connectivity index (χ2v) is 6.05. The Labute approximate surface area is 93.4 Å². The Morgan fingerprint density at radius 2 is 2.14 bits per heavy atom. The lowest BCUT2D eigenvalue weighted by atomic mass is 10.2. The molecule has 0 aliphatic carbocycles. The Morgan fingerprint density at radius 1 is 1.29 bits per heavy atom. The van der Waals surface area contributed by atoms with Crippen molar-refractivity contribution in [2.24, 2.45) is 0 Å². The molecule has 78 valence electrons. The molecule has 1 saturated heterocycles. The van der Waals surface area contributed by atoms with Gasteiger partial charge in [-0.1, -0.05) is 27.7 Å². The molecule has 14 heavy (non-hydrogen) atoms. The van der Waals surface area contributed by atoms with Gasteiger partial charge in [-0.15, -0.1) is 0 Å². The largest absolute Gasteiger partial charge is 0.387 e. The lowest BCUT2D eigenvalue weighted by Gasteiger charge is -2.21. The highest BCUT2D eigenvalue weighted by molar-refractivity contribution is 8.78. The Morgan fingerprint density at radius 3 is 2.86 bits per heavy atom. The van der Waals surface area contributed by atoms with Crippen molar-refractivity contribution in [3.63, 3.8) is 0 Å². The van der Waals surface area contributed by atoms with Crippen LogP contribution in [0.3, 0.4) is 0 Å². The van der Waals surface area contributed by atoms with Crippen LogP contribution >= 0.6 is 21.6 Å². The average Bonchev–Trinajstić information content (AvgIpc) is 2.29. The fourth-order valence-corrected chi connectivity index (χ4v) is 4.15. The fraction of sp³-hybridized carbons (Fsp3) is 0.600. The van der Waals surface area contributed by atoms with Crippen LogP contribution < -0.4 is 10.6 Å². The van der Waals surface area contributed by atoms with E-state index in [1.54, 1.807) is 0 Å². The molecule has 4 heteroatoms. The monoisotopic (exact) mass is 228 g/mol. The van der Waals surface area contributed by atoms with E-state index in [1.165, 1.54) is 30.8 Å². The summed E-state index contributed by atoms with van der Waals surface area (Å²) in [7, 11) is 3.96. The maximum atomic E-state index is 3.39. The summed E-state index contributed by atoms with van der Waals surface area (Å²) in [5.74, 6) is 0. The molecule has 0 atom stereocenters. The maximum Gasteiger partial charge on any atom is 0.0339 e. The molecule has 0 aromatic heterocycles. The van der Waals surface area contributed by atoms with E-state index >= 15 is 0 Å². The van der Waals surface area contributed by atoms with Gasteiger partial charge >= 0.3 is 0 Å². The number of dihydropyridines is 1. The molecule has 2 heterocycles. The lowest BCUT2D eigenvalue weighted by Crippen LogP contribution is -2.28. The highest BCUT2D eigenvalue weighted by atomic mass is 33.1. The first-order chi connectivity index (χ1) is 6.95. The van der Waals surface area contributed by atoms with Crippen LogP contribution in [-0.4, -0.2) is 24.9 Å². The summed E-state index contributed by atoms with van der Waals surface area (Å²) >= 11 is 0. The van der Waals surface area contributed by atoms with Crippen LogP contribution in [0.25, 0.3) is 0 Å². The van der Waals surface area contributed by atoms with Gasteiger partial charge in [0.1, 0.15) is 0 Å². The third-order valence-electron chi connectivity index (χ3n) is 2.35. The van der Waals surface area contributed by atoms with Gasteiger partial charge in [0.25, 0.3) is 0 Å². The van der Waals surface area contributed by atoms with E-state index in [0.29, 0.717) is 0 Å². The van der Waals surface area contributed by atoms with Crippen molar-refractivity contribution in [1.29, 1.82) is 0 Å². The standard InChI is InChI=1S/C10H16N2S2/c1-5-11-6-2-9(1)13-14-10-3-7-12-8-4-10/h1-2,5,10-12H,3-4,6-8H2. The first kappa shape index (κ1) is 10.5. The van der Waals surface area contributed by atoms with Gasteiger partial charge in [-0.3, -0.25) is 0 Å². The van der Waals surface area contributed by atoms with Crippen LogP contribution in [0.5, 0.6) is 0 Å². The Hall–Kier alpha value is -0.0600. The minimum Gasteiger partial charge on any atom is -0.387 e. The molecule has 0 bridgehead atoms. The van der Waals surface area contributed by atoms with Gasteiger partial charge in [0.15, 0.2) is 0 Å². The zero-order valence-electron chi connectivity index (χ0n) is 8.16. The van der Waals surface area contributed by atoms with Crippen LogP contribution in [0.4, 0.5) is 0 Å². The van der Waals surface area contributed by atoms with E-state index < -0.39 is 0 Å². The van der Waals surface area contributed by atoms with Gasteiger partial charge in [0.2, 0.25) is 0 Å². The molecule has 2 aliphatic rings. The lowest BCUT2D eigenvalue weighted by molar-refractivity contribution is 0.533. The predicted octanol–water partition coefficient (Wildman–Crippen LogP) is 2.12. The van der Waals surface area contributed by atoms with Gasteiger partial charge in [0, 0.05) is 16.7 Å². The summed E-state index contributed by atoms with van der Waals surface area (Å²) in [5.41, 5.74) is 0. The molecule has 2 rings (SSSR count). The summed E-state index contributed by atoms with van der Waals surface area (Å²) in [6.45, 7) is 3.36. The van der Waals surface area contributed by atoms with Gasteiger partial charge < -0.3 is 10.6 Å². The molecular formula is C10H16N2S2. The summed E-state index contributed by atoms with van der Waals surface area (Å²) in [4.78, 5) is 1.40. The van der Waals surface area contributed by atoms with E-state index in [2.05, 4.69) is 22.8 Å². The van der Waals surface area contributed by atoms with Gasteiger partial charge in [-0.05, 0) is 38.2 Å². The number of hydrogen-bond donors (Lipinski definition) is 2. The quantitative estimate of drug-likeness (QED) is 0.723. The highest BCUT2D eigenvalue weighted by Gasteiger charge is 2.14. The summed E-state index contributed by atoms with van der Waals surface area (Å²) < 4.78 is 0. The van der Waals surface area contributed by atoms with E-state index in [1.807, 2.05) is 27.8 Å². The third kappa shape index (κ3) is 3.26. The number of hydrogen-bond acceptors (Lipinski definition) is 4. The second-order valence-electron chi connectivity index (χ2n) is 3.48. The normalized spacial score (nSPS) is 23.0. The topological polar surface area (TPSA) is 24.1 Å². The second kappa shape index (κ2) is 5.73. The fourth-order valence-electron chi connectivity index (χ4n) is 1.51. The Kier molecular flexibility index (Phi) is 4.28. The average molecular weight is 228 g/mol. The minimum absolute atomic E-state index is 0.838. The maximum absolute atomic E-state index is 3.39. The van der Waals surface area contributed by atoms with Crippen molar-refractivity contribution in [2.45, 2.75) is 18.1 Å². The van der Waals surface area contributed by atoms with Crippen LogP contribution in [0.2, 0.25) is 0 Å². The van der Waals surface area contributed by atoms with Crippen molar-refractivity contribution in [2.75, 3.05) is 19.6 Å². The molecule has 2 N–H and O–H groups in total. The van der Waals surface area contributed by atoms with Gasteiger partial charge in [0.05, 0.1) is 0 Å². The predicted molar refractivity (Wildman–Crippen MR) is 66.3 cm³/mol. The zero-order valence-corrected chi connectivity index (χ0v) is 9.79. The summed E-state index contributed by atoms with van der Waals surface area (Å²) in [6.07, 6.45) is 9.06. The first-order valence-electron chi connectivity index (χ1n) is 5.09. The molecule has 1 fully saturated rings. The summed E-state index contributed by atoms with van der Waals surface area (Å²) in [5, 5.41) is 7.39. The van der Waals surface area contributed by atoms with Gasteiger partial charge in [-0.25, -0.2) is 0 Å². The van der Waals surface area contributed by atoms with Gasteiger partial charge in [-0.2, -0.15) is 0 Å². The number of nitrogens with one attached hydrogen (secondary N) is 2. The molecule has 0 unspecified atom stereocenters. The van der Waals surface area contributed by atoms with E-state index in [0.717, 1.165) is 11.8 Å². The highest BCUT2D eigenvalue weighted by Crippen LogP contribution is 2.37. The first-order valence-corrected chi connectivity index (χ1v) is 7.30. The third-order valence-corrected chi connectivity index (χ3v) is 5.37. The molecule has 0 aromatic carbocycles. The van der Waals surface area contributed by atoms with Crippen molar-refractivity contribution in [3.05, 3.63) is 23.3 Å². The Balaban J connectivity index is 1.70. The molecule has 2 nitrogen and oxygen atoms in total. The van der Waals surface area contributed by atoms with Crippen LogP contribution in [0.15, 0.2) is 23.3 Å². The van der Waals surface area contributed by atoms with Crippen molar-refractivity contribution in [3.8, 4) is 0 Å². The van der Waals surface area contributed by atoms with Crippen molar-refractivity contribution >= 4 is 21.6 Å². The molecule has 2 aliphatic heterocycles. The molecule has 0 aromatic rings. The zero-order chi connectivity index (χ0) is 9.64. The number of allylic oxidation sites excluding steroid dienone is 1. The number of rotatable bonds is 3. The molecule has 0 spiro atoms. The van der Waals surface area contributed by atoms with E-state index in [9.17, 15) is 0 Å². The van der Waals surface area contributed by atoms with E-state index in [-0.39, 0.29) is 0 Å². The molecule has 0 saturated carbocycles. The SMILES string of the molecule is C1=CC(SSC2CCNCC2)=CCN1. The van der Waals surface area contributed by atoms with Crippen LogP contribution in [0, 0.1) is 0 Å². The van der Waals surface area contributed by atoms with Crippen LogP contribution in [-0.2, 0) is 0 Å². The Bertz CT molecular complexity index is 232. The molecule has 0 amide bonds. The molecule has 0 radical (unpaired) electrons. The van der Waals surface area contributed by atoms with Crippen molar-refractivity contribution < 1.29 is 0 Å². The minimum atomic E-state index is 0.838. The van der Waals surface area contributed by atoms with E-state index in [4.69, 9.17) is 0 Å². The summed E-state index contributed by atoms with van der Waals surface area (Å²) in [6, 6.07) is 0. The van der Waals surface area contributed by atoms with Crippen molar-refractivity contribution in [1.82, 2.24) is 10.6 Å². The number of piperidine rings is 1. The molecular weight excluding hydrogens is 212 g/mol. The van der Waals surface area contributed by atoms with Crippen LogP contribution in [0.1, 0.15) is 12.8 Å².